The van der Waals surface area contributed by atoms with Gasteiger partial charge in [0.2, 0.25) is 0 Å². The highest BCUT2D eigenvalue weighted by atomic mass is 16.1. The van der Waals surface area contributed by atoms with E-state index in [0.717, 1.165) is 18.5 Å². The van der Waals surface area contributed by atoms with Crippen molar-refractivity contribution in [2.24, 2.45) is 0 Å². The Morgan fingerprint density at radius 2 is 2.12 bits per heavy atom. The molecule has 2 N–H and O–H groups in total. The smallest absolute Gasteiger partial charge is 0.270 e. The van der Waals surface area contributed by atoms with Crippen molar-refractivity contribution in [1.29, 1.82) is 0 Å². The van der Waals surface area contributed by atoms with Gasteiger partial charge in [-0.05, 0) is 25.0 Å². The van der Waals surface area contributed by atoms with E-state index < -0.39 is 0 Å². The second-order valence-electron chi connectivity index (χ2n) is 4.49. The molecule has 4 nitrogen and oxygen atoms in total. The molecule has 1 heterocycles. The number of aromatic nitrogens is 1. The topological polar surface area (TPSA) is 54.0 Å². The molecule has 0 bridgehead atoms. The Balaban J connectivity index is 1.98. The normalized spacial score (nSPS) is 16.5. The Bertz CT molecular complexity index is 386. The first kappa shape index (κ1) is 11.9. The molecule has 1 fully saturated rings. The van der Waals surface area contributed by atoms with E-state index >= 15 is 0 Å². The quantitative estimate of drug-likeness (QED) is 0.841. The highest BCUT2D eigenvalue weighted by Crippen LogP contribution is 2.17. The second kappa shape index (κ2) is 5.66. The van der Waals surface area contributed by atoms with Gasteiger partial charge in [-0.15, -0.1) is 0 Å². The minimum absolute atomic E-state index is 0.0611. The Hall–Kier alpha value is -1.58. The number of carbonyl (C=O) groups is 1. The van der Waals surface area contributed by atoms with E-state index in [4.69, 9.17) is 0 Å². The summed E-state index contributed by atoms with van der Waals surface area (Å²) >= 11 is 0. The maximum Gasteiger partial charge on any atom is 0.270 e. The minimum atomic E-state index is -0.0611. The predicted octanol–water partition coefficient (Wildman–Crippen LogP) is 2.19. The first-order valence-electron chi connectivity index (χ1n) is 6.24. The van der Waals surface area contributed by atoms with Crippen LogP contribution in [0.15, 0.2) is 18.3 Å². The van der Waals surface area contributed by atoms with Gasteiger partial charge in [-0.2, -0.15) is 0 Å². The first-order valence-corrected chi connectivity index (χ1v) is 6.24. The van der Waals surface area contributed by atoms with Crippen molar-refractivity contribution in [2.75, 3.05) is 12.4 Å². The van der Waals surface area contributed by atoms with Gasteiger partial charge in [0.15, 0.2) is 0 Å². The van der Waals surface area contributed by atoms with Gasteiger partial charge in [0, 0.05) is 25.0 Å². The van der Waals surface area contributed by atoms with Crippen LogP contribution < -0.4 is 10.6 Å². The Labute approximate surface area is 102 Å². The molecule has 0 radical (unpaired) electrons. The average Bonchev–Trinajstić information content (AvgIpc) is 2.40. The monoisotopic (exact) mass is 233 g/mol. The summed E-state index contributed by atoms with van der Waals surface area (Å²) < 4.78 is 0. The number of nitrogens with zero attached hydrogens (tertiary/aromatic N) is 1. The zero-order valence-corrected chi connectivity index (χ0v) is 10.2. The van der Waals surface area contributed by atoms with Gasteiger partial charge in [-0.3, -0.25) is 9.78 Å². The van der Waals surface area contributed by atoms with E-state index in [2.05, 4.69) is 15.6 Å². The maximum absolute atomic E-state index is 12.0. The fourth-order valence-corrected chi connectivity index (χ4v) is 2.22. The standard InChI is InChI=1S/C13H19N3O/c1-14-11-7-8-15-12(9-11)13(17)16-10-5-3-2-4-6-10/h7-10H,2-6H2,1H3,(H,14,15)(H,16,17). The molecule has 0 spiro atoms. The van der Waals surface area contributed by atoms with E-state index in [1.165, 1.54) is 19.3 Å². The van der Waals surface area contributed by atoms with Crippen LogP contribution in [0.1, 0.15) is 42.6 Å². The molecular formula is C13H19N3O. The fourth-order valence-electron chi connectivity index (χ4n) is 2.22. The third-order valence-electron chi connectivity index (χ3n) is 3.22. The van der Waals surface area contributed by atoms with Gasteiger partial charge in [0.1, 0.15) is 5.69 Å². The van der Waals surface area contributed by atoms with Crippen LogP contribution in [0.3, 0.4) is 0 Å². The van der Waals surface area contributed by atoms with Gasteiger partial charge < -0.3 is 10.6 Å². The molecular weight excluding hydrogens is 214 g/mol. The van der Waals surface area contributed by atoms with Crippen LogP contribution >= 0.6 is 0 Å². The molecule has 0 atom stereocenters. The summed E-state index contributed by atoms with van der Waals surface area (Å²) in [6.45, 7) is 0. The average molecular weight is 233 g/mol. The van der Waals surface area contributed by atoms with Crippen LogP contribution in [0.2, 0.25) is 0 Å². The number of hydrogen-bond acceptors (Lipinski definition) is 3. The van der Waals surface area contributed by atoms with E-state index in [-0.39, 0.29) is 5.91 Å². The van der Waals surface area contributed by atoms with Crippen molar-refractivity contribution < 1.29 is 4.79 Å². The Morgan fingerprint density at radius 3 is 2.82 bits per heavy atom. The second-order valence-corrected chi connectivity index (χ2v) is 4.49. The lowest BCUT2D eigenvalue weighted by Crippen LogP contribution is -2.36. The molecule has 1 aromatic heterocycles. The van der Waals surface area contributed by atoms with Gasteiger partial charge >= 0.3 is 0 Å². The predicted molar refractivity (Wildman–Crippen MR) is 68.1 cm³/mol. The molecule has 92 valence electrons. The van der Waals surface area contributed by atoms with Crippen molar-refractivity contribution in [3.63, 3.8) is 0 Å². The highest BCUT2D eigenvalue weighted by molar-refractivity contribution is 5.93. The van der Waals surface area contributed by atoms with E-state index in [1.54, 1.807) is 12.3 Å². The van der Waals surface area contributed by atoms with Gasteiger partial charge in [0.05, 0.1) is 0 Å². The molecule has 4 heteroatoms. The van der Waals surface area contributed by atoms with Crippen molar-refractivity contribution in [2.45, 2.75) is 38.1 Å². The van der Waals surface area contributed by atoms with Crippen LogP contribution in [-0.2, 0) is 0 Å². The molecule has 0 unspecified atom stereocenters. The molecule has 1 aliphatic carbocycles. The molecule has 2 rings (SSSR count). The summed E-state index contributed by atoms with van der Waals surface area (Å²) in [5.74, 6) is -0.0611. The maximum atomic E-state index is 12.0. The van der Waals surface area contributed by atoms with E-state index in [0.29, 0.717) is 11.7 Å². The van der Waals surface area contributed by atoms with Gasteiger partial charge in [-0.25, -0.2) is 0 Å². The summed E-state index contributed by atoms with van der Waals surface area (Å²) in [5, 5.41) is 6.06. The molecule has 1 aliphatic rings. The summed E-state index contributed by atoms with van der Waals surface area (Å²) in [5.41, 5.74) is 1.40. The molecule has 0 aliphatic heterocycles. The van der Waals surface area contributed by atoms with Crippen molar-refractivity contribution in [1.82, 2.24) is 10.3 Å². The number of rotatable bonds is 3. The van der Waals surface area contributed by atoms with Crippen molar-refractivity contribution in [3.8, 4) is 0 Å². The third-order valence-corrected chi connectivity index (χ3v) is 3.22. The first-order chi connectivity index (χ1) is 8.29. The lowest BCUT2D eigenvalue weighted by atomic mass is 9.95. The number of carbonyl (C=O) groups excluding carboxylic acids is 1. The van der Waals surface area contributed by atoms with E-state index in [1.807, 2.05) is 13.1 Å². The summed E-state index contributed by atoms with van der Waals surface area (Å²) in [4.78, 5) is 16.1. The lowest BCUT2D eigenvalue weighted by Gasteiger charge is -2.22. The molecule has 0 saturated heterocycles. The SMILES string of the molecule is CNc1ccnc(C(=O)NC2CCCCC2)c1. The largest absolute Gasteiger partial charge is 0.388 e. The number of amides is 1. The Morgan fingerprint density at radius 1 is 1.35 bits per heavy atom. The number of hydrogen-bond donors (Lipinski definition) is 2. The van der Waals surface area contributed by atoms with E-state index in [9.17, 15) is 4.79 Å². The molecule has 1 saturated carbocycles. The van der Waals surface area contributed by atoms with Crippen LogP contribution in [0, 0.1) is 0 Å². The van der Waals surface area contributed by atoms with Crippen LogP contribution in [0.25, 0.3) is 0 Å². The number of anilines is 1. The molecule has 1 aromatic rings. The summed E-state index contributed by atoms with van der Waals surface area (Å²) in [7, 11) is 1.83. The zero-order chi connectivity index (χ0) is 12.1. The molecule has 1 amide bonds. The van der Waals surface area contributed by atoms with Crippen molar-refractivity contribution >= 4 is 11.6 Å². The molecule has 0 aromatic carbocycles. The number of pyridine rings is 1. The lowest BCUT2D eigenvalue weighted by molar-refractivity contribution is 0.0922. The van der Waals surface area contributed by atoms with Gasteiger partial charge in [-0.1, -0.05) is 19.3 Å². The van der Waals surface area contributed by atoms with Gasteiger partial charge in [0.25, 0.3) is 5.91 Å². The van der Waals surface area contributed by atoms with Crippen LogP contribution in [-0.4, -0.2) is 24.0 Å². The molecule has 17 heavy (non-hydrogen) atoms. The Kier molecular flexibility index (Phi) is 3.96. The van der Waals surface area contributed by atoms with Crippen LogP contribution in [0.4, 0.5) is 5.69 Å². The third kappa shape index (κ3) is 3.19. The van der Waals surface area contributed by atoms with Crippen molar-refractivity contribution in [3.05, 3.63) is 24.0 Å². The summed E-state index contributed by atoms with van der Waals surface area (Å²) in [6, 6.07) is 3.95. The summed E-state index contributed by atoms with van der Waals surface area (Å²) in [6.07, 6.45) is 7.57. The minimum Gasteiger partial charge on any atom is -0.388 e. The fraction of sp³-hybridized carbons (Fsp3) is 0.538. The zero-order valence-electron chi connectivity index (χ0n) is 10.2. The highest BCUT2D eigenvalue weighted by Gasteiger charge is 2.17. The number of nitrogens with one attached hydrogen (secondary N) is 2. The van der Waals surface area contributed by atoms with Crippen LogP contribution in [0.5, 0.6) is 0 Å².